The van der Waals surface area contributed by atoms with Crippen molar-refractivity contribution in [2.24, 2.45) is 5.92 Å². The fourth-order valence-corrected chi connectivity index (χ4v) is 3.81. The molecule has 2 aromatic rings. The molecule has 0 atom stereocenters. The fourth-order valence-electron chi connectivity index (χ4n) is 2.84. The molecule has 0 aliphatic carbocycles. The van der Waals surface area contributed by atoms with E-state index in [0.717, 1.165) is 42.1 Å². The molecule has 0 unspecified atom stereocenters. The number of aromatic nitrogens is 1. The van der Waals surface area contributed by atoms with Gasteiger partial charge in [-0.3, -0.25) is 9.59 Å². The largest absolute Gasteiger partial charge is 0.469 e. The maximum absolute atomic E-state index is 12.4. The van der Waals surface area contributed by atoms with Crippen LogP contribution in [-0.4, -0.2) is 37.1 Å². The highest BCUT2D eigenvalue weighted by Gasteiger charge is 2.23. The van der Waals surface area contributed by atoms with Crippen LogP contribution in [0.2, 0.25) is 0 Å². The number of thiazole rings is 1. The van der Waals surface area contributed by atoms with Crippen molar-refractivity contribution in [1.29, 1.82) is 0 Å². The molecule has 1 aliphatic rings. The Morgan fingerprint density at radius 1 is 1.27 bits per heavy atom. The number of carbonyl (C=O) groups is 2. The molecule has 0 spiro atoms. The normalized spacial score (nSPS) is 14.3. The number of halogens is 1. The van der Waals surface area contributed by atoms with Crippen LogP contribution in [0.15, 0.2) is 30.3 Å². The van der Waals surface area contributed by atoms with Crippen molar-refractivity contribution in [3.8, 4) is 11.3 Å². The minimum Gasteiger partial charge on any atom is -0.469 e. The summed E-state index contributed by atoms with van der Waals surface area (Å²) < 4.78 is 4.78. The molecule has 6 nitrogen and oxygen atoms in total. The number of nitrogens with zero attached hydrogens (tertiary/aromatic N) is 1. The zero-order chi connectivity index (χ0) is 17.6. The quantitative estimate of drug-likeness (QED) is 0.761. The Hall–Kier alpha value is -1.96. The average Bonchev–Trinajstić information content (AvgIpc) is 3.05. The van der Waals surface area contributed by atoms with Gasteiger partial charge >= 0.3 is 5.97 Å². The van der Waals surface area contributed by atoms with Crippen molar-refractivity contribution in [2.45, 2.75) is 19.3 Å². The Kier molecular flexibility index (Phi) is 7.56. The molecule has 140 valence electrons. The zero-order valence-electron chi connectivity index (χ0n) is 14.5. The first kappa shape index (κ1) is 20.4. The number of carbonyl (C=O) groups excluding carboxylic acids is 2. The first-order valence-electron chi connectivity index (χ1n) is 8.31. The van der Waals surface area contributed by atoms with E-state index in [-0.39, 0.29) is 36.6 Å². The smallest absolute Gasteiger partial charge is 0.310 e. The van der Waals surface area contributed by atoms with E-state index >= 15 is 0 Å². The van der Waals surface area contributed by atoms with E-state index in [0.29, 0.717) is 5.13 Å². The Morgan fingerprint density at radius 3 is 2.62 bits per heavy atom. The van der Waals surface area contributed by atoms with E-state index in [2.05, 4.69) is 15.6 Å². The van der Waals surface area contributed by atoms with Crippen molar-refractivity contribution >= 4 is 40.8 Å². The molecule has 1 aromatic heterocycles. The van der Waals surface area contributed by atoms with Crippen LogP contribution >= 0.6 is 23.7 Å². The molecule has 2 N–H and O–H groups in total. The van der Waals surface area contributed by atoms with Gasteiger partial charge in [-0.1, -0.05) is 30.3 Å². The molecular formula is C18H22ClN3O3S. The van der Waals surface area contributed by atoms with Gasteiger partial charge in [0, 0.05) is 16.4 Å². The predicted molar refractivity (Wildman–Crippen MR) is 105 cm³/mol. The number of hydrogen-bond donors (Lipinski definition) is 2. The van der Waals surface area contributed by atoms with Crippen LogP contribution in [0.3, 0.4) is 0 Å². The number of anilines is 1. The third kappa shape index (κ3) is 5.03. The van der Waals surface area contributed by atoms with Gasteiger partial charge < -0.3 is 15.4 Å². The van der Waals surface area contributed by atoms with Crippen LogP contribution in [-0.2, 0) is 20.7 Å². The number of piperidine rings is 1. The number of methoxy groups -OCH3 is 1. The number of amides is 1. The predicted octanol–water partition coefficient (Wildman–Crippen LogP) is 2.89. The second-order valence-corrected chi connectivity index (χ2v) is 7.01. The van der Waals surface area contributed by atoms with Gasteiger partial charge in [-0.05, 0) is 25.9 Å². The Balaban J connectivity index is 0.00000243. The molecule has 1 aliphatic heterocycles. The molecule has 1 aromatic carbocycles. The van der Waals surface area contributed by atoms with Gasteiger partial charge in [0.15, 0.2) is 5.13 Å². The standard InChI is InChI=1S/C18H21N3O3S.ClH/c1-24-15(22)11-14-16(12-5-3-2-4-6-12)20-18(25-14)21-17(23)13-7-9-19-10-8-13;/h2-6,13,19H,7-11H2,1H3,(H,20,21,23);1H. The molecule has 1 saturated heterocycles. The Morgan fingerprint density at radius 2 is 1.96 bits per heavy atom. The second kappa shape index (κ2) is 9.66. The first-order chi connectivity index (χ1) is 12.2. The number of rotatable bonds is 5. The van der Waals surface area contributed by atoms with Crippen molar-refractivity contribution in [2.75, 3.05) is 25.5 Å². The number of hydrogen-bond acceptors (Lipinski definition) is 6. The number of nitrogens with one attached hydrogen (secondary N) is 2. The summed E-state index contributed by atoms with van der Waals surface area (Å²) >= 11 is 1.33. The van der Waals surface area contributed by atoms with Crippen molar-refractivity contribution in [1.82, 2.24) is 10.3 Å². The molecule has 0 saturated carbocycles. The molecule has 8 heteroatoms. The average molecular weight is 396 g/mol. The summed E-state index contributed by atoms with van der Waals surface area (Å²) in [5.74, 6) is -0.314. The highest BCUT2D eigenvalue weighted by atomic mass is 35.5. The van der Waals surface area contributed by atoms with Crippen molar-refractivity contribution in [3.63, 3.8) is 0 Å². The zero-order valence-corrected chi connectivity index (χ0v) is 16.1. The molecule has 2 heterocycles. The molecule has 3 rings (SSSR count). The lowest BCUT2D eigenvalue weighted by atomic mass is 9.97. The van der Waals surface area contributed by atoms with E-state index in [1.165, 1.54) is 18.4 Å². The third-order valence-corrected chi connectivity index (χ3v) is 5.19. The molecule has 1 fully saturated rings. The Labute approximate surface area is 162 Å². The monoisotopic (exact) mass is 395 g/mol. The van der Waals surface area contributed by atoms with Gasteiger partial charge in [0.05, 0.1) is 19.2 Å². The van der Waals surface area contributed by atoms with Gasteiger partial charge in [0.2, 0.25) is 5.91 Å². The lowest BCUT2D eigenvalue weighted by Crippen LogP contribution is -2.34. The van der Waals surface area contributed by atoms with E-state index in [1.807, 2.05) is 30.3 Å². The number of ether oxygens (including phenoxy) is 1. The van der Waals surface area contributed by atoms with Gasteiger partial charge in [0.1, 0.15) is 0 Å². The number of benzene rings is 1. The van der Waals surface area contributed by atoms with Gasteiger partial charge in [-0.2, -0.15) is 0 Å². The summed E-state index contributed by atoms with van der Waals surface area (Å²) in [5.41, 5.74) is 1.64. The highest BCUT2D eigenvalue weighted by molar-refractivity contribution is 7.16. The van der Waals surface area contributed by atoms with Crippen LogP contribution in [0.4, 0.5) is 5.13 Å². The lowest BCUT2D eigenvalue weighted by Gasteiger charge is -2.21. The fraction of sp³-hybridized carbons (Fsp3) is 0.389. The summed E-state index contributed by atoms with van der Waals surface area (Å²) in [4.78, 5) is 29.5. The van der Waals surface area contributed by atoms with E-state index in [9.17, 15) is 9.59 Å². The third-order valence-electron chi connectivity index (χ3n) is 4.22. The molecule has 0 bridgehead atoms. The summed E-state index contributed by atoms with van der Waals surface area (Å²) in [6.45, 7) is 1.72. The van der Waals surface area contributed by atoms with Crippen LogP contribution in [0.1, 0.15) is 17.7 Å². The molecular weight excluding hydrogens is 374 g/mol. The highest BCUT2D eigenvalue weighted by Crippen LogP contribution is 2.32. The summed E-state index contributed by atoms with van der Waals surface area (Å²) in [7, 11) is 1.37. The maximum atomic E-state index is 12.4. The van der Waals surface area contributed by atoms with Crippen molar-refractivity contribution < 1.29 is 14.3 Å². The summed E-state index contributed by atoms with van der Waals surface area (Å²) in [6.07, 6.45) is 1.80. The van der Waals surface area contributed by atoms with E-state index < -0.39 is 0 Å². The maximum Gasteiger partial charge on any atom is 0.310 e. The first-order valence-corrected chi connectivity index (χ1v) is 9.12. The van der Waals surface area contributed by atoms with Gasteiger partial charge in [-0.15, -0.1) is 23.7 Å². The van der Waals surface area contributed by atoms with Crippen molar-refractivity contribution in [3.05, 3.63) is 35.2 Å². The molecule has 26 heavy (non-hydrogen) atoms. The molecule has 1 amide bonds. The summed E-state index contributed by atoms with van der Waals surface area (Å²) in [6, 6.07) is 9.64. The van der Waals surface area contributed by atoms with Crippen LogP contribution in [0, 0.1) is 5.92 Å². The minimum atomic E-state index is -0.322. The SMILES string of the molecule is COC(=O)Cc1sc(NC(=O)C2CCNCC2)nc1-c1ccccc1.Cl. The van der Waals surface area contributed by atoms with Gasteiger partial charge in [0.25, 0.3) is 0 Å². The molecule has 0 radical (unpaired) electrons. The Bertz CT molecular complexity index is 745. The van der Waals surface area contributed by atoms with E-state index in [4.69, 9.17) is 4.74 Å². The van der Waals surface area contributed by atoms with E-state index in [1.54, 1.807) is 0 Å². The van der Waals surface area contributed by atoms with Crippen LogP contribution in [0.25, 0.3) is 11.3 Å². The second-order valence-electron chi connectivity index (χ2n) is 5.92. The summed E-state index contributed by atoms with van der Waals surface area (Å²) in [5, 5.41) is 6.70. The van der Waals surface area contributed by atoms with Gasteiger partial charge in [-0.25, -0.2) is 4.98 Å². The van der Waals surface area contributed by atoms with Crippen LogP contribution < -0.4 is 10.6 Å². The van der Waals surface area contributed by atoms with Crippen LogP contribution in [0.5, 0.6) is 0 Å². The topological polar surface area (TPSA) is 80.3 Å². The lowest BCUT2D eigenvalue weighted by molar-refractivity contribution is -0.139. The number of esters is 1. The minimum absolute atomic E-state index is 0.